The normalized spacial score (nSPS) is 11.2. The van der Waals surface area contributed by atoms with E-state index in [9.17, 15) is 22.8 Å². The number of carboxylic acid groups (broad SMARTS) is 1. The monoisotopic (exact) mass is 286 g/mol. The van der Waals surface area contributed by atoms with E-state index in [1.807, 2.05) is 0 Å². The number of nitrogens with zero attached hydrogens (tertiary/aromatic N) is 1. The Kier molecular flexibility index (Phi) is 7.89. The van der Waals surface area contributed by atoms with Gasteiger partial charge in [0.2, 0.25) is 0 Å². The second kappa shape index (κ2) is 8.57. The molecular weight excluding hydrogens is 269 g/mol. The highest BCUT2D eigenvalue weighted by molar-refractivity contribution is 5.80. The number of rotatable bonds is 8. The molecule has 0 aliphatic carbocycles. The van der Waals surface area contributed by atoms with Crippen LogP contribution in [0.5, 0.6) is 0 Å². The Balaban J connectivity index is 3.89. The molecule has 2 N–H and O–H groups in total. The highest BCUT2D eigenvalue weighted by Crippen LogP contribution is 2.13. The third-order valence-electron chi connectivity index (χ3n) is 1.90. The summed E-state index contributed by atoms with van der Waals surface area (Å²) in [5, 5.41) is 10.9. The highest BCUT2D eigenvalue weighted by atomic mass is 19.4. The molecule has 0 saturated carbocycles. The standard InChI is InChI=1S/C10H17F3N2O4/c1-2-4-15(6-8(16)17)9(18)14-3-5-19-7-10(11,12)13/h2-7H2,1H3,(H,14,18)(H,16,17). The van der Waals surface area contributed by atoms with Gasteiger partial charge in [0.25, 0.3) is 0 Å². The zero-order valence-electron chi connectivity index (χ0n) is 10.5. The number of urea groups is 1. The van der Waals surface area contributed by atoms with Crippen LogP contribution in [0.2, 0.25) is 0 Å². The fourth-order valence-corrected chi connectivity index (χ4v) is 1.22. The molecule has 6 nitrogen and oxygen atoms in total. The van der Waals surface area contributed by atoms with Crippen molar-refractivity contribution in [3.05, 3.63) is 0 Å². The van der Waals surface area contributed by atoms with Gasteiger partial charge in [-0.1, -0.05) is 6.92 Å². The molecular formula is C10H17F3N2O4. The summed E-state index contributed by atoms with van der Waals surface area (Å²) in [6.07, 6.45) is -3.83. The third-order valence-corrected chi connectivity index (χ3v) is 1.90. The second-order valence-electron chi connectivity index (χ2n) is 3.71. The summed E-state index contributed by atoms with van der Waals surface area (Å²) in [6.45, 7) is -0.219. The number of ether oxygens (including phenoxy) is 1. The summed E-state index contributed by atoms with van der Waals surface area (Å²) < 4.78 is 39.5. The molecule has 0 atom stereocenters. The van der Waals surface area contributed by atoms with Crippen molar-refractivity contribution in [2.45, 2.75) is 19.5 Å². The lowest BCUT2D eigenvalue weighted by Gasteiger charge is -2.20. The Hall–Kier alpha value is -1.51. The molecule has 0 aromatic heterocycles. The summed E-state index contributed by atoms with van der Waals surface area (Å²) in [7, 11) is 0. The largest absolute Gasteiger partial charge is 0.480 e. The van der Waals surface area contributed by atoms with Crippen molar-refractivity contribution in [2.24, 2.45) is 0 Å². The molecule has 0 aromatic carbocycles. The summed E-state index contributed by atoms with van der Waals surface area (Å²) in [4.78, 5) is 23.1. The molecule has 0 rings (SSSR count). The predicted molar refractivity (Wildman–Crippen MR) is 59.8 cm³/mol. The minimum atomic E-state index is -4.40. The van der Waals surface area contributed by atoms with E-state index in [1.54, 1.807) is 6.92 Å². The summed E-state index contributed by atoms with van der Waals surface area (Å²) in [6, 6.07) is -0.639. The molecule has 2 amide bonds. The molecule has 0 unspecified atom stereocenters. The molecule has 0 aliphatic rings. The summed E-state index contributed by atoms with van der Waals surface area (Å²) in [5.41, 5.74) is 0. The van der Waals surface area contributed by atoms with E-state index in [4.69, 9.17) is 5.11 Å². The van der Waals surface area contributed by atoms with Crippen LogP contribution >= 0.6 is 0 Å². The molecule has 0 spiro atoms. The maximum absolute atomic E-state index is 11.7. The lowest BCUT2D eigenvalue weighted by atomic mass is 10.4. The molecule has 0 bridgehead atoms. The van der Waals surface area contributed by atoms with Crippen LogP contribution in [0.4, 0.5) is 18.0 Å². The zero-order valence-corrected chi connectivity index (χ0v) is 10.5. The van der Waals surface area contributed by atoms with Crippen molar-refractivity contribution in [3.63, 3.8) is 0 Å². The van der Waals surface area contributed by atoms with Crippen LogP contribution in [0, 0.1) is 0 Å². The number of hydrogen-bond acceptors (Lipinski definition) is 3. The first-order chi connectivity index (χ1) is 8.76. The number of halogens is 3. The number of amides is 2. The van der Waals surface area contributed by atoms with Gasteiger partial charge in [0.1, 0.15) is 13.2 Å². The van der Waals surface area contributed by atoms with Crippen molar-refractivity contribution < 1.29 is 32.6 Å². The number of carbonyl (C=O) groups excluding carboxylic acids is 1. The van der Waals surface area contributed by atoms with Crippen LogP contribution in [0.3, 0.4) is 0 Å². The minimum Gasteiger partial charge on any atom is -0.480 e. The van der Waals surface area contributed by atoms with Crippen molar-refractivity contribution in [1.29, 1.82) is 0 Å². The SMILES string of the molecule is CCCN(CC(=O)O)C(=O)NCCOCC(F)(F)F. The van der Waals surface area contributed by atoms with E-state index in [2.05, 4.69) is 10.1 Å². The van der Waals surface area contributed by atoms with Crippen molar-refractivity contribution in [1.82, 2.24) is 10.2 Å². The van der Waals surface area contributed by atoms with Gasteiger partial charge in [-0.05, 0) is 6.42 Å². The lowest BCUT2D eigenvalue weighted by Crippen LogP contribution is -2.44. The maximum Gasteiger partial charge on any atom is 0.411 e. The third kappa shape index (κ3) is 10.1. The summed E-state index contributed by atoms with van der Waals surface area (Å²) >= 11 is 0. The fraction of sp³-hybridized carbons (Fsp3) is 0.800. The maximum atomic E-state index is 11.7. The van der Waals surface area contributed by atoms with Gasteiger partial charge in [-0.25, -0.2) is 4.79 Å². The van der Waals surface area contributed by atoms with Gasteiger partial charge in [-0.15, -0.1) is 0 Å². The molecule has 9 heteroatoms. The molecule has 112 valence electrons. The molecule has 0 aliphatic heterocycles. The fourth-order valence-electron chi connectivity index (χ4n) is 1.22. The quantitative estimate of drug-likeness (QED) is 0.654. The number of hydrogen-bond donors (Lipinski definition) is 2. The molecule has 19 heavy (non-hydrogen) atoms. The van der Waals surface area contributed by atoms with Crippen LogP contribution in [-0.4, -0.2) is 61.0 Å². The topological polar surface area (TPSA) is 78.9 Å². The van der Waals surface area contributed by atoms with Crippen LogP contribution in [0.15, 0.2) is 0 Å². The number of carbonyl (C=O) groups is 2. The average molecular weight is 286 g/mol. The smallest absolute Gasteiger partial charge is 0.411 e. The van der Waals surface area contributed by atoms with Gasteiger partial charge in [0.05, 0.1) is 6.61 Å². The van der Waals surface area contributed by atoms with Crippen molar-refractivity contribution in [3.8, 4) is 0 Å². The van der Waals surface area contributed by atoms with Gasteiger partial charge in [0, 0.05) is 13.1 Å². The number of carboxylic acids is 1. The Morgan fingerprint density at radius 2 is 2.00 bits per heavy atom. The average Bonchev–Trinajstić information content (AvgIpc) is 2.25. The predicted octanol–water partition coefficient (Wildman–Crippen LogP) is 1.07. The van der Waals surface area contributed by atoms with Crippen LogP contribution in [0.1, 0.15) is 13.3 Å². The summed E-state index contributed by atoms with van der Waals surface area (Å²) in [5.74, 6) is -1.16. The van der Waals surface area contributed by atoms with Crippen LogP contribution in [-0.2, 0) is 9.53 Å². The molecule has 0 saturated heterocycles. The first-order valence-electron chi connectivity index (χ1n) is 5.65. The highest BCUT2D eigenvalue weighted by Gasteiger charge is 2.27. The van der Waals surface area contributed by atoms with Crippen LogP contribution in [0.25, 0.3) is 0 Å². The number of aliphatic carboxylic acids is 1. The Labute approximate surface area is 108 Å². The molecule has 0 fully saturated rings. The first-order valence-corrected chi connectivity index (χ1v) is 5.65. The van der Waals surface area contributed by atoms with Gasteiger partial charge in [-0.3, -0.25) is 4.79 Å². The molecule has 0 aromatic rings. The first kappa shape index (κ1) is 17.5. The zero-order chi connectivity index (χ0) is 14.9. The van der Waals surface area contributed by atoms with Gasteiger partial charge < -0.3 is 20.1 Å². The van der Waals surface area contributed by atoms with E-state index >= 15 is 0 Å². The minimum absolute atomic E-state index is 0.116. The van der Waals surface area contributed by atoms with E-state index in [0.717, 1.165) is 4.90 Å². The van der Waals surface area contributed by atoms with Gasteiger partial charge in [-0.2, -0.15) is 13.2 Å². The van der Waals surface area contributed by atoms with Crippen molar-refractivity contribution in [2.75, 3.05) is 32.8 Å². The van der Waals surface area contributed by atoms with E-state index in [1.165, 1.54) is 0 Å². The van der Waals surface area contributed by atoms with Gasteiger partial charge in [0.15, 0.2) is 0 Å². The molecule has 0 heterocycles. The Morgan fingerprint density at radius 1 is 1.37 bits per heavy atom. The van der Waals surface area contributed by atoms with E-state index in [0.29, 0.717) is 6.42 Å². The number of alkyl halides is 3. The van der Waals surface area contributed by atoms with Crippen LogP contribution < -0.4 is 5.32 Å². The van der Waals surface area contributed by atoms with E-state index in [-0.39, 0.29) is 19.7 Å². The molecule has 0 radical (unpaired) electrons. The Bertz CT molecular complexity index is 297. The number of nitrogens with one attached hydrogen (secondary N) is 1. The van der Waals surface area contributed by atoms with Gasteiger partial charge >= 0.3 is 18.2 Å². The second-order valence-corrected chi connectivity index (χ2v) is 3.71. The van der Waals surface area contributed by atoms with Crippen molar-refractivity contribution >= 4 is 12.0 Å². The lowest BCUT2D eigenvalue weighted by molar-refractivity contribution is -0.173. The van der Waals surface area contributed by atoms with E-state index < -0.39 is 31.3 Å². The Morgan fingerprint density at radius 3 is 2.47 bits per heavy atom.